The molecule has 2 atom stereocenters. The van der Waals surface area contributed by atoms with Crippen LogP contribution in [0.4, 0.5) is 4.39 Å². The lowest BCUT2D eigenvalue weighted by Gasteiger charge is -2.19. The third-order valence-electron chi connectivity index (χ3n) is 4.31. The SMILES string of the molecule is CC(C)N1C[C@@H](O)[C@H](NC(=O)c2coc(COc3cccc(F)c3)n2)C1. The molecule has 1 fully saturated rings. The fourth-order valence-corrected chi connectivity index (χ4v) is 2.81. The van der Waals surface area contributed by atoms with Gasteiger partial charge in [0.15, 0.2) is 12.3 Å². The molecular weight excluding hydrogens is 341 g/mol. The molecule has 1 amide bonds. The first kappa shape index (κ1) is 18.3. The van der Waals surface area contributed by atoms with Crippen LogP contribution in [0.5, 0.6) is 5.75 Å². The smallest absolute Gasteiger partial charge is 0.273 e. The van der Waals surface area contributed by atoms with Gasteiger partial charge in [-0.2, -0.15) is 0 Å². The fourth-order valence-electron chi connectivity index (χ4n) is 2.81. The number of ether oxygens (including phenoxy) is 1. The number of aromatic nitrogens is 1. The van der Waals surface area contributed by atoms with E-state index in [1.807, 2.05) is 13.8 Å². The van der Waals surface area contributed by atoms with Gasteiger partial charge in [-0.1, -0.05) is 6.07 Å². The minimum atomic E-state index is -0.621. The van der Waals surface area contributed by atoms with Crippen LogP contribution in [0.1, 0.15) is 30.2 Å². The molecule has 2 heterocycles. The molecule has 3 rings (SSSR count). The van der Waals surface area contributed by atoms with Crippen molar-refractivity contribution >= 4 is 5.91 Å². The van der Waals surface area contributed by atoms with E-state index < -0.39 is 17.8 Å². The van der Waals surface area contributed by atoms with Gasteiger partial charge in [-0.25, -0.2) is 9.37 Å². The van der Waals surface area contributed by atoms with E-state index in [2.05, 4.69) is 15.2 Å². The van der Waals surface area contributed by atoms with E-state index >= 15 is 0 Å². The number of carbonyl (C=O) groups is 1. The third kappa shape index (κ3) is 4.39. The Hall–Kier alpha value is -2.45. The Morgan fingerprint density at radius 2 is 2.31 bits per heavy atom. The maximum Gasteiger partial charge on any atom is 0.273 e. The summed E-state index contributed by atoms with van der Waals surface area (Å²) in [4.78, 5) is 18.5. The predicted octanol–water partition coefficient (Wildman–Crippen LogP) is 1.58. The summed E-state index contributed by atoms with van der Waals surface area (Å²) in [6.07, 6.45) is 0.616. The number of hydrogen-bond acceptors (Lipinski definition) is 6. The number of hydrogen-bond donors (Lipinski definition) is 2. The number of oxazole rings is 1. The molecule has 2 aromatic rings. The van der Waals surface area contributed by atoms with Gasteiger partial charge in [-0.15, -0.1) is 0 Å². The van der Waals surface area contributed by atoms with Crippen molar-refractivity contribution in [3.8, 4) is 5.75 Å². The zero-order chi connectivity index (χ0) is 18.7. The average Bonchev–Trinajstić information content (AvgIpc) is 3.20. The van der Waals surface area contributed by atoms with E-state index in [-0.39, 0.29) is 24.2 Å². The van der Waals surface area contributed by atoms with Crippen LogP contribution in [0.3, 0.4) is 0 Å². The van der Waals surface area contributed by atoms with E-state index in [9.17, 15) is 14.3 Å². The van der Waals surface area contributed by atoms with Crippen LogP contribution in [-0.2, 0) is 6.61 Å². The molecule has 0 spiro atoms. The Morgan fingerprint density at radius 1 is 1.50 bits per heavy atom. The Kier molecular flexibility index (Phi) is 5.53. The molecule has 1 aliphatic heterocycles. The fraction of sp³-hybridized carbons (Fsp3) is 0.444. The van der Waals surface area contributed by atoms with Crippen LogP contribution in [0.25, 0.3) is 0 Å². The average molecular weight is 363 g/mol. The highest BCUT2D eigenvalue weighted by Gasteiger charge is 2.34. The van der Waals surface area contributed by atoms with E-state index in [1.54, 1.807) is 6.07 Å². The molecule has 0 unspecified atom stereocenters. The zero-order valence-electron chi connectivity index (χ0n) is 14.7. The van der Waals surface area contributed by atoms with E-state index in [4.69, 9.17) is 9.15 Å². The molecule has 1 saturated heterocycles. The molecule has 7 nitrogen and oxygen atoms in total. The molecule has 140 valence electrons. The van der Waals surface area contributed by atoms with Crippen molar-refractivity contribution in [2.24, 2.45) is 0 Å². The van der Waals surface area contributed by atoms with Crippen LogP contribution in [0.15, 0.2) is 34.9 Å². The predicted molar refractivity (Wildman–Crippen MR) is 91.2 cm³/mol. The summed E-state index contributed by atoms with van der Waals surface area (Å²) in [5, 5.41) is 12.9. The summed E-state index contributed by atoms with van der Waals surface area (Å²) in [6.45, 7) is 5.16. The molecule has 8 heteroatoms. The molecule has 1 aliphatic rings. The largest absolute Gasteiger partial charge is 0.484 e. The molecule has 1 aromatic carbocycles. The minimum absolute atomic E-state index is 0.0239. The topological polar surface area (TPSA) is 87.8 Å². The lowest BCUT2D eigenvalue weighted by molar-refractivity contribution is 0.0883. The van der Waals surface area contributed by atoms with Crippen molar-refractivity contribution in [1.29, 1.82) is 0 Å². The van der Waals surface area contributed by atoms with Crippen LogP contribution in [0.2, 0.25) is 0 Å². The maximum atomic E-state index is 13.1. The number of likely N-dealkylation sites (tertiary alicyclic amines) is 1. The molecule has 26 heavy (non-hydrogen) atoms. The van der Waals surface area contributed by atoms with Crippen molar-refractivity contribution < 1.29 is 23.4 Å². The zero-order valence-corrected chi connectivity index (χ0v) is 14.7. The Bertz CT molecular complexity index is 764. The highest BCUT2D eigenvalue weighted by Crippen LogP contribution is 2.16. The second-order valence-corrected chi connectivity index (χ2v) is 6.57. The van der Waals surface area contributed by atoms with Crippen LogP contribution >= 0.6 is 0 Å². The van der Waals surface area contributed by atoms with E-state index in [1.165, 1.54) is 24.5 Å². The molecule has 2 N–H and O–H groups in total. The van der Waals surface area contributed by atoms with Crippen LogP contribution < -0.4 is 10.1 Å². The molecule has 0 radical (unpaired) electrons. The monoisotopic (exact) mass is 363 g/mol. The Balaban J connectivity index is 1.55. The maximum absolute atomic E-state index is 13.1. The van der Waals surface area contributed by atoms with Gasteiger partial charge in [-0.3, -0.25) is 9.69 Å². The lowest BCUT2D eigenvalue weighted by atomic mass is 10.2. The van der Waals surface area contributed by atoms with Crippen molar-refractivity contribution in [1.82, 2.24) is 15.2 Å². The number of carbonyl (C=O) groups excluding carboxylic acids is 1. The number of benzene rings is 1. The number of β-amino-alcohol motifs (C(OH)–C–C–N with tert-alkyl or cyclic N) is 1. The first-order valence-corrected chi connectivity index (χ1v) is 8.48. The van der Waals surface area contributed by atoms with E-state index in [0.717, 1.165) is 0 Å². The number of aliphatic hydroxyl groups excluding tert-OH is 1. The van der Waals surface area contributed by atoms with Gasteiger partial charge in [0, 0.05) is 25.2 Å². The summed E-state index contributed by atoms with van der Waals surface area (Å²) in [6, 6.07) is 5.66. The molecular formula is C18H22FN3O4. The lowest BCUT2D eigenvalue weighted by Crippen LogP contribution is -2.43. The van der Waals surface area contributed by atoms with Gasteiger partial charge in [-0.05, 0) is 26.0 Å². The number of halogens is 1. The first-order valence-electron chi connectivity index (χ1n) is 8.48. The van der Waals surface area contributed by atoms with Crippen molar-refractivity contribution in [3.63, 3.8) is 0 Å². The van der Waals surface area contributed by atoms with Gasteiger partial charge >= 0.3 is 0 Å². The number of rotatable bonds is 6. The highest BCUT2D eigenvalue weighted by atomic mass is 19.1. The number of aliphatic hydroxyl groups is 1. The van der Waals surface area contributed by atoms with Gasteiger partial charge < -0.3 is 19.6 Å². The highest BCUT2D eigenvalue weighted by molar-refractivity contribution is 5.92. The number of nitrogens with one attached hydrogen (secondary N) is 1. The number of amides is 1. The molecule has 0 aliphatic carbocycles. The molecule has 1 aromatic heterocycles. The minimum Gasteiger partial charge on any atom is -0.484 e. The van der Waals surface area contributed by atoms with Gasteiger partial charge in [0.25, 0.3) is 5.91 Å². The first-order chi connectivity index (χ1) is 12.4. The van der Waals surface area contributed by atoms with Gasteiger partial charge in [0.05, 0.1) is 12.1 Å². The summed E-state index contributed by atoms with van der Waals surface area (Å²) in [5.41, 5.74) is 0.109. The molecule has 0 saturated carbocycles. The van der Waals surface area contributed by atoms with Crippen LogP contribution in [-0.4, -0.2) is 52.2 Å². The summed E-state index contributed by atoms with van der Waals surface area (Å²) in [7, 11) is 0. The summed E-state index contributed by atoms with van der Waals surface area (Å²) in [5.74, 6) is -0.270. The number of nitrogens with zero attached hydrogens (tertiary/aromatic N) is 2. The normalized spacial score (nSPS) is 20.5. The van der Waals surface area contributed by atoms with Crippen molar-refractivity contribution in [3.05, 3.63) is 47.9 Å². The Morgan fingerprint density at radius 3 is 3.00 bits per heavy atom. The standard InChI is InChI=1S/C18H22FN3O4/c1-11(2)22-7-14(16(23)8-22)21-18(24)15-9-26-17(20-15)10-25-13-5-3-4-12(19)6-13/h3-6,9,11,14,16,23H,7-8,10H2,1-2H3,(H,21,24)/t14-,16-/m1/s1. The third-order valence-corrected chi connectivity index (χ3v) is 4.31. The quantitative estimate of drug-likeness (QED) is 0.810. The van der Waals surface area contributed by atoms with Crippen molar-refractivity contribution in [2.45, 2.75) is 38.6 Å². The van der Waals surface area contributed by atoms with Crippen molar-refractivity contribution in [2.75, 3.05) is 13.1 Å². The summed E-state index contributed by atoms with van der Waals surface area (Å²) >= 11 is 0. The van der Waals surface area contributed by atoms with Crippen LogP contribution in [0, 0.1) is 5.82 Å². The van der Waals surface area contributed by atoms with Gasteiger partial charge in [0.1, 0.15) is 17.8 Å². The van der Waals surface area contributed by atoms with E-state index in [0.29, 0.717) is 24.9 Å². The second-order valence-electron chi connectivity index (χ2n) is 6.57. The second kappa shape index (κ2) is 7.84. The van der Waals surface area contributed by atoms with Gasteiger partial charge in [0.2, 0.25) is 5.89 Å². The summed E-state index contributed by atoms with van der Waals surface area (Å²) < 4.78 is 23.7. The Labute approximate surface area is 150 Å². The molecule has 0 bridgehead atoms.